The number of rotatable bonds is 7. The van der Waals surface area contributed by atoms with Gasteiger partial charge in [0.2, 0.25) is 0 Å². The van der Waals surface area contributed by atoms with E-state index < -0.39 is 0 Å². The fourth-order valence-electron chi connectivity index (χ4n) is 1.99. The van der Waals surface area contributed by atoms with E-state index in [0.29, 0.717) is 12.5 Å². The van der Waals surface area contributed by atoms with Crippen molar-refractivity contribution in [2.45, 2.75) is 39.8 Å². The van der Waals surface area contributed by atoms with Gasteiger partial charge in [-0.2, -0.15) is 0 Å². The van der Waals surface area contributed by atoms with E-state index in [2.05, 4.69) is 32.2 Å². The summed E-state index contributed by atoms with van der Waals surface area (Å²) in [5.74, 6) is 1.32. The Bertz CT molecular complexity index is 352. The minimum absolute atomic E-state index is 0.106. The smallest absolute Gasteiger partial charge is 0.124 e. The van der Waals surface area contributed by atoms with Crippen molar-refractivity contribution in [2.24, 2.45) is 5.92 Å². The van der Waals surface area contributed by atoms with Gasteiger partial charge < -0.3 is 15.2 Å². The molecule has 0 heterocycles. The molecule has 0 amide bonds. The normalized spacial score (nSPS) is 14.6. The summed E-state index contributed by atoms with van der Waals surface area (Å²) in [6.45, 7) is 9.11. The lowest BCUT2D eigenvalue weighted by Gasteiger charge is -2.26. The van der Waals surface area contributed by atoms with Crippen molar-refractivity contribution in [3.8, 4) is 5.75 Å². The molecule has 0 fully saturated rings. The Labute approximate surface area is 110 Å². The number of para-hydroxylation sites is 1. The average molecular weight is 251 g/mol. The van der Waals surface area contributed by atoms with Gasteiger partial charge in [0, 0.05) is 17.6 Å². The maximum absolute atomic E-state index is 9.37. The number of aliphatic hydroxyl groups excluding tert-OH is 1. The number of ether oxygens (including phenoxy) is 1. The molecule has 0 saturated carbocycles. The Hall–Kier alpha value is -1.06. The highest BCUT2D eigenvalue weighted by molar-refractivity contribution is 5.35. The Morgan fingerprint density at radius 2 is 1.89 bits per heavy atom. The van der Waals surface area contributed by atoms with Gasteiger partial charge in [-0.25, -0.2) is 0 Å². The zero-order chi connectivity index (χ0) is 13.5. The minimum Gasteiger partial charge on any atom is -0.494 e. The third kappa shape index (κ3) is 4.00. The lowest BCUT2D eigenvalue weighted by atomic mass is 10.0. The molecule has 18 heavy (non-hydrogen) atoms. The van der Waals surface area contributed by atoms with E-state index in [1.54, 1.807) is 0 Å². The van der Waals surface area contributed by atoms with E-state index in [0.717, 1.165) is 11.3 Å². The first-order valence-corrected chi connectivity index (χ1v) is 6.68. The number of benzene rings is 1. The molecule has 0 bridgehead atoms. The molecule has 102 valence electrons. The quantitative estimate of drug-likeness (QED) is 0.783. The molecular formula is C15H25NO2. The minimum atomic E-state index is 0.106. The Morgan fingerprint density at radius 3 is 2.44 bits per heavy atom. The van der Waals surface area contributed by atoms with Crippen molar-refractivity contribution in [3.05, 3.63) is 29.8 Å². The van der Waals surface area contributed by atoms with Crippen molar-refractivity contribution in [1.82, 2.24) is 5.32 Å². The van der Waals surface area contributed by atoms with Gasteiger partial charge >= 0.3 is 0 Å². The van der Waals surface area contributed by atoms with Gasteiger partial charge in [0.25, 0.3) is 0 Å². The van der Waals surface area contributed by atoms with E-state index >= 15 is 0 Å². The zero-order valence-corrected chi connectivity index (χ0v) is 11.8. The van der Waals surface area contributed by atoms with Crippen LogP contribution in [0.25, 0.3) is 0 Å². The molecule has 0 aliphatic carbocycles. The molecule has 2 unspecified atom stereocenters. The lowest BCUT2D eigenvalue weighted by Crippen LogP contribution is -2.38. The number of aliphatic hydroxyl groups is 1. The molecule has 0 aliphatic heterocycles. The first kappa shape index (κ1) is 15.0. The second-order valence-electron chi connectivity index (χ2n) is 4.89. The van der Waals surface area contributed by atoms with Crippen LogP contribution in [0.2, 0.25) is 0 Å². The number of hydrogen-bond donors (Lipinski definition) is 2. The Balaban J connectivity index is 2.79. The fraction of sp³-hybridized carbons (Fsp3) is 0.600. The molecule has 2 atom stereocenters. The number of nitrogens with one attached hydrogen (secondary N) is 1. The van der Waals surface area contributed by atoms with Crippen LogP contribution < -0.4 is 10.1 Å². The van der Waals surface area contributed by atoms with Gasteiger partial charge in [0.15, 0.2) is 0 Å². The van der Waals surface area contributed by atoms with Gasteiger partial charge in [-0.05, 0) is 25.8 Å². The molecule has 2 N–H and O–H groups in total. The molecular weight excluding hydrogens is 226 g/mol. The van der Waals surface area contributed by atoms with Crippen molar-refractivity contribution < 1.29 is 9.84 Å². The molecule has 1 aromatic carbocycles. The largest absolute Gasteiger partial charge is 0.494 e. The van der Waals surface area contributed by atoms with E-state index in [-0.39, 0.29) is 18.7 Å². The lowest BCUT2D eigenvalue weighted by molar-refractivity contribution is 0.200. The molecule has 0 radical (unpaired) electrons. The standard InChI is InChI=1S/C15H25NO2/c1-5-18-15-9-7-6-8-13(15)12(4)16-14(10-17)11(2)3/h6-9,11-12,14,16-17H,5,10H2,1-4H3. The van der Waals surface area contributed by atoms with E-state index in [1.165, 1.54) is 0 Å². The van der Waals surface area contributed by atoms with Crippen LogP contribution in [0.5, 0.6) is 5.75 Å². The third-order valence-corrected chi connectivity index (χ3v) is 3.15. The molecule has 1 rings (SSSR count). The molecule has 0 saturated heterocycles. The van der Waals surface area contributed by atoms with E-state index in [4.69, 9.17) is 4.74 Å². The van der Waals surface area contributed by atoms with Crippen molar-refractivity contribution in [2.75, 3.05) is 13.2 Å². The Morgan fingerprint density at radius 1 is 1.22 bits per heavy atom. The predicted molar refractivity (Wildman–Crippen MR) is 74.9 cm³/mol. The van der Waals surface area contributed by atoms with Crippen LogP contribution in [0.1, 0.15) is 39.3 Å². The van der Waals surface area contributed by atoms with Gasteiger partial charge in [-0.1, -0.05) is 32.0 Å². The van der Waals surface area contributed by atoms with Gasteiger partial charge in [0.1, 0.15) is 5.75 Å². The maximum Gasteiger partial charge on any atom is 0.124 e. The highest BCUT2D eigenvalue weighted by Gasteiger charge is 2.17. The van der Waals surface area contributed by atoms with Crippen LogP contribution >= 0.6 is 0 Å². The second kappa shape index (κ2) is 7.39. The van der Waals surface area contributed by atoms with Crippen LogP contribution in [0.15, 0.2) is 24.3 Å². The van der Waals surface area contributed by atoms with Gasteiger partial charge in [-0.3, -0.25) is 0 Å². The molecule has 0 aromatic heterocycles. The fourth-order valence-corrected chi connectivity index (χ4v) is 1.99. The SMILES string of the molecule is CCOc1ccccc1C(C)NC(CO)C(C)C. The summed E-state index contributed by atoms with van der Waals surface area (Å²) in [4.78, 5) is 0. The predicted octanol–water partition coefficient (Wildman–Crippen LogP) is 2.75. The highest BCUT2D eigenvalue weighted by Crippen LogP contribution is 2.25. The summed E-state index contributed by atoms with van der Waals surface area (Å²) in [7, 11) is 0. The van der Waals surface area contributed by atoms with Crippen molar-refractivity contribution in [3.63, 3.8) is 0 Å². The number of hydrogen-bond acceptors (Lipinski definition) is 3. The summed E-state index contributed by atoms with van der Waals surface area (Å²) in [6, 6.07) is 8.31. The summed E-state index contributed by atoms with van der Waals surface area (Å²) in [6.07, 6.45) is 0. The van der Waals surface area contributed by atoms with Crippen LogP contribution in [-0.4, -0.2) is 24.4 Å². The molecule has 1 aromatic rings. The van der Waals surface area contributed by atoms with Gasteiger partial charge in [0.05, 0.1) is 13.2 Å². The molecule has 3 heteroatoms. The topological polar surface area (TPSA) is 41.5 Å². The first-order valence-electron chi connectivity index (χ1n) is 6.68. The van der Waals surface area contributed by atoms with Crippen LogP contribution in [0.4, 0.5) is 0 Å². The second-order valence-corrected chi connectivity index (χ2v) is 4.89. The van der Waals surface area contributed by atoms with Crippen LogP contribution in [-0.2, 0) is 0 Å². The van der Waals surface area contributed by atoms with Gasteiger partial charge in [-0.15, -0.1) is 0 Å². The monoisotopic (exact) mass is 251 g/mol. The summed E-state index contributed by atoms with van der Waals surface area (Å²) in [5, 5.41) is 12.8. The summed E-state index contributed by atoms with van der Waals surface area (Å²) < 4.78 is 5.63. The van der Waals surface area contributed by atoms with Crippen LogP contribution in [0, 0.1) is 5.92 Å². The van der Waals surface area contributed by atoms with Crippen molar-refractivity contribution in [1.29, 1.82) is 0 Å². The third-order valence-electron chi connectivity index (χ3n) is 3.15. The van der Waals surface area contributed by atoms with E-state index in [9.17, 15) is 5.11 Å². The summed E-state index contributed by atoms with van der Waals surface area (Å²) >= 11 is 0. The Kier molecular flexibility index (Phi) is 6.16. The van der Waals surface area contributed by atoms with Crippen molar-refractivity contribution >= 4 is 0 Å². The first-order chi connectivity index (χ1) is 8.60. The summed E-state index contributed by atoms with van der Waals surface area (Å²) in [5.41, 5.74) is 1.14. The molecule has 0 spiro atoms. The molecule has 0 aliphatic rings. The van der Waals surface area contributed by atoms with Crippen LogP contribution in [0.3, 0.4) is 0 Å². The highest BCUT2D eigenvalue weighted by atomic mass is 16.5. The zero-order valence-electron chi connectivity index (χ0n) is 11.8. The average Bonchev–Trinajstić information content (AvgIpc) is 2.36. The maximum atomic E-state index is 9.37. The molecule has 3 nitrogen and oxygen atoms in total. The van der Waals surface area contributed by atoms with E-state index in [1.807, 2.05) is 25.1 Å².